The van der Waals surface area contributed by atoms with Gasteiger partial charge in [-0.2, -0.15) is 0 Å². The van der Waals surface area contributed by atoms with Crippen LogP contribution in [0.1, 0.15) is 15.5 Å². The third-order valence-electron chi connectivity index (χ3n) is 2.44. The number of carbonyl (C=O) groups is 2. The molecule has 0 atom stereocenters. The number of rotatable bonds is 4. The molecule has 2 aromatic rings. The standard InChI is InChI=1S/C13H12N2O3S/c1-9-14-11(8-19-9)13(18)15(7-12(16)17)10-5-3-2-4-6-10/h2-6,8H,7H2,1H3,(H,16,17). The molecule has 0 aliphatic rings. The lowest BCUT2D eigenvalue weighted by Crippen LogP contribution is -2.35. The summed E-state index contributed by atoms with van der Waals surface area (Å²) in [4.78, 5) is 28.5. The van der Waals surface area contributed by atoms with E-state index < -0.39 is 11.9 Å². The second kappa shape index (κ2) is 5.62. The Kier molecular flexibility index (Phi) is 3.91. The van der Waals surface area contributed by atoms with E-state index >= 15 is 0 Å². The summed E-state index contributed by atoms with van der Waals surface area (Å²) in [7, 11) is 0. The number of hydrogen-bond donors (Lipinski definition) is 1. The number of nitrogens with zero attached hydrogens (tertiary/aromatic N) is 2. The number of amides is 1. The van der Waals surface area contributed by atoms with Crippen LogP contribution in [0.4, 0.5) is 5.69 Å². The zero-order valence-electron chi connectivity index (χ0n) is 10.2. The summed E-state index contributed by atoms with van der Waals surface area (Å²) in [5.74, 6) is -1.47. The summed E-state index contributed by atoms with van der Waals surface area (Å²) < 4.78 is 0. The molecular formula is C13H12N2O3S. The molecule has 2 rings (SSSR count). The van der Waals surface area contributed by atoms with E-state index in [2.05, 4.69) is 4.98 Å². The van der Waals surface area contributed by atoms with Gasteiger partial charge in [0.25, 0.3) is 5.91 Å². The number of aliphatic carboxylic acids is 1. The monoisotopic (exact) mass is 276 g/mol. The number of hydrogen-bond acceptors (Lipinski definition) is 4. The van der Waals surface area contributed by atoms with Crippen LogP contribution in [0, 0.1) is 6.92 Å². The smallest absolute Gasteiger partial charge is 0.323 e. The van der Waals surface area contributed by atoms with Crippen molar-refractivity contribution >= 4 is 28.9 Å². The van der Waals surface area contributed by atoms with E-state index in [9.17, 15) is 9.59 Å². The molecule has 0 aliphatic carbocycles. The molecule has 1 heterocycles. The number of aryl methyl sites for hydroxylation is 1. The van der Waals surface area contributed by atoms with Crippen molar-refractivity contribution in [2.24, 2.45) is 0 Å². The quantitative estimate of drug-likeness (QED) is 0.929. The first-order valence-electron chi connectivity index (χ1n) is 5.59. The van der Waals surface area contributed by atoms with Crippen LogP contribution in [-0.2, 0) is 4.79 Å². The van der Waals surface area contributed by atoms with E-state index in [1.807, 2.05) is 0 Å². The van der Waals surface area contributed by atoms with Crippen molar-refractivity contribution in [2.45, 2.75) is 6.92 Å². The Morgan fingerprint density at radius 1 is 1.32 bits per heavy atom. The van der Waals surface area contributed by atoms with Crippen LogP contribution in [0.25, 0.3) is 0 Å². The number of thiazole rings is 1. The Hall–Kier alpha value is -2.21. The van der Waals surface area contributed by atoms with Crippen molar-refractivity contribution in [1.29, 1.82) is 0 Å². The summed E-state index contributed by atoms with van der Waals surface area (Å²) >= 11 is 1.36. The summed E-state index contributed by atoms with van der Waals surface area (Å²) in [5, 5.41) is 11.3. The molecule has 1 amide bonds. The van der Waals surface area contributed by atoms with Crippen molar-refractivity contribution in [3.8, 4) is 0 Å². The number of anilines is 1. The summed E-state index contributed by atoms with van der Waals surface area (Å²) in [6.45, 7) is 1.41. The van der Waals surface area contributed by atoms with E-state index in [1.165, 1.54) is 16.2 Å². The zero-order valence-corrected chi connectivity index (χ0v) is 11.1. The van der Waals surface area contributed by atoms with Gasteiger partial charge in [-0.05, 0) is 19.1 Å². The van der Waals surface area contributed by atoms with Crippen LogP contribution >= 0.6 is 11.3 Å². The maximum atomic E-state index is 12.3. The van der Waals surface area contributed by atoms with E-state index in [0.717, 1.165) is 5.01 Å². The van der Waals surface area contributed by atoms with Gasteiger partial charge in [0.1, 0.15) is 12.2 Å². The second-order valence-corrected chi connectivity index (χ2v) is 4.93. The number of carboxylic acid groups (broad SMARTS) is 1. The fraction of sp³-hybridized carbons (Fsp3) is 0.154. The Bertz CT molecular complexity index is 595. The molecule has 6 heteroatoms. The highest BCUT2D eigenvalue weighted by molar-refractivity contribution is 7.09. The van der Waals surface area contributed by atoms with Crippen molar-refractivity contribution < 1.29 is 14.7 Å². The third-order valence-corrected chi connectivity index (χ3v) is 3.22. The Labute approximate surface area is 114 Å². The average molecular weight is 276 g/mol. The fourth-order valence-electron chi connectivity index (χ4n) is 1.62. The lowest BCUT2D eigenvalue weighted by atomic mass is 10.2. The molecule has 1 N–H and O–H groups in total. The van der Waals surface area contributed by atoms with Crippen molar-refractivity contribution in [2.75, 3.05) is 11.4 Å². The largest absolute Gasteiger partial charge is 0.480 e. The SMILES string of the molecule is Cc1nc(C(=O)N(CC(=O)O)c2ccccc2)cs1. The fourth-order valence-corrected chi connectivity index (χ4v) is 2.21. The van der Waals surface area contributed by atoms with Crippen LogP contribution in [0.15, 0.2) is 35.7 Å². The highest BCUT2D eigenvalue weighted by atomic mass is 32.1. The first-order chi connectivity index (χ1) is 9.08. The molecule has 0 radical (unpaired) electrons. The van der Waals surface area contributed by atoms with E-state index in [-0.39, 0.29) is 12.2 Å². The van der Waals surface area contributed by atoms with E-state index in [4.69, 9.17) is 5.11 Å². The van der Waals surface area contributed by atoms with Crippen LogP contribution in [0.5, 0.6) is 0 Å². The second-order valence-electron chi connectivity index (χ2n) is 3.87. The molecule has 0 saturated heterocycles. The average Bonchev–Trinajstić information content (AvgIpc) is 2.83. The van der Waals surface area contributed by atoms with Crippen LogP contribution in [0.3, 0.4) is 0 Å². The topological polar surface area (TPSA) is 70.5 Å². The lowest BCUT2D eigenvalue weighted by molar-refractivity contribution is -0.135. The third kappa shape index (κ3) is 3.17. The van der Waals surface area contributed by atoms with Gasteiger partial charge < -0.3 is 5.11 Å². The Morgan fingerprint density at radius 2 is 2.00 bits per heavy atom. The minimum absolute atomic E-state index is 0.271. The van der Waals surface area contributed by atoms with Gasteiger partial charge in [0.2, 0.25) is 0 Å². The van der Waals surface area contributed by atoms with Gasteiger partial charge in [-0.3, -0.25) is 14.5 Å². The highest BCUT2D eigenvalue weighted by Gasteiger charge is 2.22. The first-order valence-corrected chi connectivity index (χ1v) is 6.46. The van der Waals surface area contributed by atoms with Gasteiger partial charge in [-0.1, -0.05) is 18.2 Å². The molecular weight excluding hydrogens is 264 g/mol. The van der Waals surface area contributed by atoms with Crippen molar-refractivity contribution in [1.82, 2.24) is 4.98 Å². The van der Waals surface area contributed by atoms with Crippen molar-refractivity contribution in [3.05, 3.63) is 46.4 Å². The molecule has 0 unspecified atom stereocenters. The Balaban J connectivity index is 2.33. The predicted octanol–water partition coefficient (Wildman–Crippen LogP) is 2.18. The molecule has 1 aromatic carbocycles. The molecule has 0 saturated carbocycles. The van der Waals surface area contributed by atoms with E-state index in [0.29, 0.717) is 5.69 Å². The molecule has 19 heavy (non-hydrogen) atoms. The Morgan fingerprint density at radius 3 is 2.53 bits per heavy atom. The van der Waals surface area contributed by atoms with Gasteiger partial charge in [0.05, 0.1) is 5.01 Å². The summed E-state index contributed by atoms with van der Waals surface area (Å²) in [6.07, 6.45) is 0. The number of para-hydroxylation sites is 1. The van der Waals surface area contributed by atoms with Crippen LogP contribution in [0.2, 0.25) is 0 Å². The normalized spacial score (nSPS) is 10.2. The number of carboxylic acids is 1. The first kappa shape index (κ1) is 13.2. The van der Waals surface area contributed by atoms with Gasteiger partial charge in [0.15, 0.2) is 0 Å². The minimum Gasteiger partial charge on any atom is -0.480 e. The maximum absolute atomic E-state index is 12.3. The molecule has 0 spiro atoms. The van der Waals surface area contributed by atoms with Crippen molar-refractivity contribution in [3.63, 3.8) is 0 Å². The van der Waals surface area contributed by atoms with Gasteiger partial charge in [-0.15, -0.1) is 11.3 Å². The number of aromatic nitrogens is 1. The summed E-state index contributed by atoms with van der Waals surface area (Å²) in [5.41, 5.74) is 0.813. The molecule has 1 aromatic heterocycles. The van der Waals surface area contributed by atoms with Gasteiger partial charge >= 0.3 is 5.97 Å². The van der Waals surface area contributed by atoms with Gasteiger partial charge in [-0.25, -0.2) is 4.98 Å². The predicted molar refractivity (Wildman–Crippen MR) is 72.6 cm³/mol. The maximum Gasteiger partial charge on any atom is 0.323 e. The highest BCUT2D eigenvalue weighted by Crippen LogP contribution is 2.17. The van der Waals surface area contributed by atoms with Crippen LogP contribution < -0.4 is 4.90 Å². The number of benzene rings is 1. The molecule has 0 bridgehead atoms. The summed E-state index contributed by atoms with van der Waals surface area (Å²) in [6, 6.07) is 8.70. The lowest BCUT2D eigenvalue weighted by Gasteiger charge is -2.19. The van der Waals surface area contributed by atoms with Crippen LogP contribution in [-0.4, -0.2) is 28.5 Å². The minimum atomic E-state index is -1.07. The van der Waals surface area contributed by atoms with Gasteiger partial charge in [0, 0.05) is 11.1 Å². The van der Waals surface area contributed by atoms with E-state index in [1.54, 1.807) is 42.6 Å². The zero-order chi connectivity index (χ0) is 13.8. The molecule has 0 fully saturated rings. The molecule has 98 valence electrons. The number of carbonyl (C=O) groups excluding carboxylic acids is 1. The molecule has 0 aliphatic heterocycles. The molecule has 5 nitrogen and oxygen atoms in total.